The van der Waals surface area contributed by atoms with Crippen LogP contribution in [-0.4, -0.2) is 31.1 Å². The molecule has 0 radical (unpaired) electrons. The van der Waals surface area contributed by atoms with Crippen LogP contribution in [0.25, 0.3) is 0 Å². The highest BCUT2D eigenvalue weighted by atomic mass is 35.5. The van der Waals surface area contributed by atoms with E-state index < -0.39 is 18.1 Å². The van der Waals surface area contributed by atoms with Gasteiger partial charge in [-0.2, -0.15) is 0 Å². The largest absolute Gasteiger partial charge is 0.467 e. The summed E-state index contributed by atoms with van der Waals surface area (Å²) in [6.07, 6.45) is 0.957. The highest BCUT2D eigenvalue weighted by Crippen LogP contribution is 2.07. The summed E-state index contributed by atoms with van der Waals surface area (Å²) in [5.74, 6) is -0.476. The molecule has 0 bridgehead atoms. The summed E-state index contributed by atoms with van der Waals surface area (Å²) >= 11 is 0. The second-order valence-electron chi connectivity index (χ2n) is 5.51. The lowest BCUT2D eigenvalue weighted by Gasteiger charge is -2.20. The molecule has 0 fully saturated rings. The van der Waals surface area contributed by atoms with E-state index in [1.54, 1.807) is 0 Å². The summed E-state index contributed by atoms with van der Waals surface area (Å²) in [5.41, 5.74) is 6.79. The molecule has 1 rings (SSSR count). The number of nitrogens with one attached hydrogen (secondary N) is 1. The lowest BCUT2D eigenvalue weighted by atomic mass is 10.0. The van der Waals surface area contributed by atoms with Crippen LogP contribution in [0.3, 0.4) is 0 Å². The number of methoxy groups -OCH3 is 1. The van der Waals surface area contributed by atoms with Gasteiger partial charge in [0.05, 0.1) is 13.2 Å². The lowest BCUT2D eigenvalue weighted by Crippen LogP contribution is -2.50. The van der Waals surface area contributed by atoms with Gasteiger partial charge in [-0.15, -0.1) is 12.4 Å². The van der Waals surface area contributed by atoms with E-state index in [2.05, 4.69) is 5.32 Å². The van der Waals surface area contributed by atoms with Crippen molar-refractivity contribution in [1.82, 2.24) is 5.32 Å². The maximum Gasteiger partial charge on any atom is 0.328 e. The molecule has 2 atom stereocenters. The molecule has 0 aliphatic rings. The third kappa shape index (κ3) is 6.91. The Morgan fingerprint density at radius 1 is 1.23 bits per heavy atom. The van der Waals surface area contributed by atoms with Crippen LogP contribution in [0.5, 0.6) is 0 Å². The molecule has 1 aromatic rings. The molecule has 2 unspecified atom stereocenters. The number of benzene rings is 1. The minimum Gasteiger partial charge on any atom is -0.467 e. The molecule has 0 saturated heterocycles. The van der Waals surface area contributed by atoms with Gasteiger partial charge in [-0.25, -0.2) is 4.79 Å². The molecule has 22 heavy (non-hydrogen) atoms. The Bertz CT molecular complexity index is 466. The van der Waals surface area contributed by atoms with Gasteiger partial charge in [-0.1, -0.05) is 44.2 Å². The highest BCUT2D eigenvalue weighted by molar-refractivity contribution is 5.87. The van der Waals surface area contributed by atoms with E-state index in [4.69, 9.17) is 10.5 Å². The van der Waals surface area contributed by atoms with Crippen molar-refractivity contribution in [2.24, 2.45) is 11.7 Å². The Kier molecular flexibility index (Phi) is 9.45. The van der Waals surface area contributed by atoms with Crippen LogP contribution >= 0.6 is 12.4 Å². The summed E-state index contributed by atoms with van der Waals surface area (Å²) in [6.45, 7) is 3.99. The van der Waals surface area contributed by atoms with E-state index in [1.165, 1.54) is 7.11 Å². The first-order valence-electron chi connectivity index (χ1n) is 7.11. The van der Waals surface area contributed by atoms with Crippen LogP contribution in [0.1, 0.15) is 25.8 Å². The van der Waals surface area contributed by atoms with Crippen LogP contribution < -0.4 is 11.1 Å². The summed E-state index contributed by atoms with van der Waals surface area (Å²) in [7, 11) is 1.31. The lowest BCUT2D eigenvalue weighted by molar-refractivity contribution is -0.145. The first-order chi connectivity index (χ1) is 9.93. The van der Waals surface area contributed by atoms with Gasteiger partial charge in [0.2, 0.25) is 5.91 Å². The number of ether oxygens (including phenoxy) is 1. The number of esters is 1. The van der Waals surface area contributed by atoms with E-state index in [1.807, 2.05) is 44.2 Å². The van der Waals surface area contributed by atoms with Gasteiger partial charge < -0.3 is 15.8 Å². The zero-order chi connectivity index (χ0) is 15.8. The number of amides is 1. The number of rotatable bonds is 7. The Morgan fingerprint density at radius 2 is 1.82 bits per heavy atom. The van der Waals surface area contributed by atoms with Crippen molar-refractivity contribution in [3.8, 4) is 0 Å². The number of nitrogens with two attached hydrogens (primary N) is 1. The van der Waals surface area contributed by atoms with E-state index >= 15 is 0 Å². The minimum atomic E-state index is -0.719. The quantitative estimate of drug-likeness (QED) is 0.746. The number of hydrogen-bond acceptors (Lipinski definition) is 4. The average Bonchev–Trinajstić information content (AvgIpc) is 2.46. The molecule has 124 valence electrons. The molecule has 5 nitrogen and oxygen atoms in total. The van der Waals surface area contributed by atoms with Gasteiger partial charge in [0.15, 0.2) is 0 Å². The van der Waals surface area contributed by atoms with Crippen LogP contribution in [0.2, 0.25) is 0 Å². The Balaban J connectivity index is 0.00000441. The molecule has 1 amide bonds. The predicted molar refractivity (Wildman–Crippen MR) is 88.8 cm³/mol. The standard InChI is InChI=1S/C16H24N2O3.ClH/c1-11(2)9-13(17)15(19)18-14(16(20)21-3)10-12-7-5-4-6-8-12;/h4-8,11,13-14H,9-10,17H2,1-3H3,(H,18,19);1H. The molecular formula is C16H25ClN2O3. The fourth-order valence-electron chi connectivity index (χ4n) is 2.08. The summed E-state index contributed by atoms with van der Waals surface area (Å²) in [5, 5.41) is 2.68. The van der Waals surface area contributed by atoms with Crippen molar-refractivity contribution in [3.63, 3.8) is 0 Å². The van der Waals surface area contributed by atoms with Crippen molar-refractivity contribution in [1.29, 1.82) is 0 Å². The third-order valence-corrected chi connectivity index (χ3v) is 3.15. The topological polar surface area (TPSA) is 81.4 Å². The predicted octanol–water partition coefficient (Wildman–Crippen LogP) is 1.68. The monoisotopic (exact) mass is 328 g/mol. The van der Waals surface area contributed by atoms with Gasteiger partial charge in [-0.3, -0.25) is 4.79 Å². The van der Waals surface area contributed by atoms with Crippen molar-refractivity contribution in [2.75, 3.05) is 7.11 Å². The first kappa shape index (κ1) is 20.4. The minimum absolute atomic E-state index is 0. The van der Waals surface area contributed by atoms with Gasteiger partial charge >= 0.3 is 5.97 Å². The SMILES string of the molecule is COC(=O)C(Cc1ccccc1)NC(=O)C(N)CC(C)C.Cl. The second kappa shape index (κ2) is 10.2. The number of hydrogen-bond donors (Lipinski definition) is 2. The Labute approximate surface area is 138 Å². The summed E-state index contributed by atoms with van der Waals surface area (Å²) in [4.78, 5) is 23.9. The van der Waals surface area contributed by atoms with Crippen molar-refractivity contribution < 1.29 is 14.3 Å². The summed E-state index contributed by atoms with van der Waals surface area (Å²) in [6, 6.07) is 8.13. The maximum atomic E-state index is 12.1. The summed E-state index contributed by atoms with van der Waals surface area (Å²) < 4.78 is 4.75. The molecular weight excluding hydrogens is 304 g/mol. The normalized spacial score (nSPS) is 13.0. The van der Waals surface area contributed by atoms with Crippen LogP contribution in [0.15, 0.2) is 30.3 Å². The number of carbonyl (C=O) groups is 2. The molecule has 3 N–H and O–H groups in total. The highest BCUT2D eigenvalue weighted by Gasteiger charge is 2.24. The molecule has 0 aliphatic heterocycles. The van der Waals surface area contributed by atoms with Gasteiger partial charge in [0.25, 0.3) is 0 Å². The van der Waals surface area contributed by atoms with E-state index in [0.717, 1.165) is 5.56 Å². The van der Waals surface area contributed by atoms with E-state index in [9.17, 15) is 9.59 Å². The molecule has 0 spiro atoms. The smallest absolute Gasteiger partial charge is 0.328 e. The zero-order valence-electron chi connectivity index (χ0n) is 13.2. The fourth-order valence-corrected chi connectivity index (χ4v) is 2.08. The van der Waals surface area contributed by atoms with Gasteiger partial charge in [-0.05, 0) is 17.9 Å². The Morgan fingerprint density at radius 3 is 2.32 bits per heavy atom. The van der Waals surface area contributed by atoms with Crippen LogP contribution in [0.4, 0.5) is 0 Å². The molecule has 0 heterocycles. The van der Waals surface area contributed by atoms with Gasteiger partial charge in [0.1, 0.15) is 6.04 Å². The number of carbonyl (C=O) groups excluding carboxylic acids is 2. The Hall–Kier alpha value is -1.59. The maximum absolute atomic E-state index is 12.1. The van der Waals surface area contributed by atoms with Crippen molar-refractivity contribution in [2.45, 2.75) is 38.8 Å². The molecule has 6 heteroatoms. The average molecular weight is 329 g/mol. The van der Waals surface area contributed by atoms with Crippen LogP contribution in [-0.2, 0) is 20.7 Å². The third-order valence-electron chi connectivity index (χ3n) is 3.15. The van der Waals surface area contributed by atoms with Crippen molar-refractivity contribution in [3.05, 3.63) is 35.9 Å². The van der Waals surface area contributed by atoms with E-state index in [0.29, 0.717) is 18.8 Å². The first-order valence-corrected chi connectivity index (χ1v) is 7.11. The molecule has 0 aliphatic carbocycles. The zero-order valence-corrected chi connectivity index (χ0v) is 14.1. The fraction of sp³-hybridized carbons (Fsp3) is 0.500. The second-order valence-corrected chi connectivity index (χ2v) is 5.51. The molecule has 0 aromatic heterocycles. The van der Waals surface area contributed by atoms with Crippen LogP contribution in [0, 0.1) is 5.92 Å². The van der Waals surface area contributed by atoms with Gasteiger partial charge in [0, 0.05) is 6.42 Å². The van der Waals surface area contributed by atoms with E-state index in [-0.39, 0.29) is 18.3 Å². The molecule has 1 aromatic carbocycles. The number of halogens is 1. The molecule has 0 saturated carbocycles. The van der Waals surface area contributed by atoms with Crippen molar-refractivity contribution >= 4 is 24.3 Å².